The van der Waals surface area contributed by atoms with Crippen LogP contribution in [0.25, 0.3) is 11.1 Å². The number of sulfone groups is 1. The van der Waals surface area contributed by atoms with Crippen LogP contribution in [-0.2, 0) is 27.7 Å². The van der Waals surface area contributed by atoms with Crippen LogP contribution in [0.15, 0.2) is 48.5 Å². The third-order valence-electron chi connectivity index (χ3n) is 6.79. The van der Waals surface area contributed by atoms with Gasteiger partial charge in [0.05, 0.1) is 11.0 Å². The van der Waals surface area contributed by atoms with Crippen molar-refractivity contribution in [3.63, 3.8) is 0 Å². The predicted molar refractivity (Wildman–Crippen MR) is 129 cm³/mol. The van der Waals surface area contributed by atoms with Crippen LogP contribution in [0.3, 0.4) is 0 Å². The number of benzene rings is 2. The fourth-order valence-corrected chi connectivity index (χ4v) is 6.73. The van der Waals surface area contributed by atoms with Gasteiger partial charge in [-0.3, -0.25) is 9.69 Å². The van der Waals surface area contributed by atoms with Crippen LogP contribution in [0, 0.1) is 0 Å². The highest BCUT2D eigenvalue weighted by atomic mass is 32.2. The largest absolute Gasteiger partial charge is 0.352 e. The summed E-state index contributed by atoms with van der Waals surface area (Å²) in [5, 5.41) is 2.68. The molecule has 0 spiro atoms. The first-order valence-corrected chi connectivity index (χ1v) is 13.6. The van der Waals surface area contributed by atoms with Gasteiger partial charge in [0, 0.05) is 19.5 Å². The van der Waals surface area contributed by atoms with Crippen LogP contribution < -0.4 is 5.32 Å². The molecule has 0 unspecified atom stereocenters. The highest BCUT2D eigenvalue weighted by Gasteiger charge is 2.28. The number of likely N-dealkylation sites (tertiary alicyclic amines) is 1. The smallest absolute Gasteiger partial charge is 0.221 e. The van der Waals surface area contributed by atoms with Gasteiger partial charge in [-0.05, 0) is 61.0 Å². The minimum absolute atomic E-state index is 0.0339. The van der Waals surface area contributed by atoms with E-state index in [9.17, 15) is 13.2 Å². The number of hydrogen-bond donors (Lipinski definition) is 1. The van der Waals surface area contributed by atoms with Crippen molar-refractivity contribution in [3.8, 4) is 11.1 Å². The van der Waals surface area contributed by atoms with Crippen LogP contribution in [0.4, 0.5) is 0 Å². The molecule has 2 aliphatic rings. The number of nitrogens with zero attached hydrogens (tertiary/aromatic N) is 1. The summed E-state index contributed by atoms with van der Waals surface area (Å²) < 4.78 is 24.8. The molecule has 0 aromatic heterocycles. The first kappa shape index (κ1) is 23.0. The third kappa shape index (κ3) is 5.99. The minimum Gasteiger partial charge on any atom is -0.352 e. The van der Waals surface area contributed by atoms with E-state index in [4.69, 9.17) is 0 Å². The highest BCUT2D eigenvalue weighted by Crippen LogP contribution is 2.26. The Bertz CT molecular complexity index is 1010. The summed E-state index contributed by atoms with van der Waals surface area (Å²) in [5.41, 5.74) is 4.58. The lowest BCUT2D eigenvalue weighted by Crippen LogP contribution is -2.28. The summed E-state index contributed by atoms with van der Waals surface area (Å²) >= 11 is 0. The summed E-state index contributed by atoms with van der Waals surface area (Å²) in [4.78, 5) is 14.8. The van der Waals surface area contributed by atoms with Crippen molar-refractivity contribution in [1.29, 1.82) is 0 Å². The van der Waals surface area contributed by atoms with E-state index in [0.29, 0.717) is 6.54 Å². The normalized spacial score (nSPS) is 17.6. The van der Waals surface area contributed by atoms with E-state index in [1.165, 1.54) is 31.5 Å². The van der Waals surface area contributed by atoms with Crippen LogP contribution in [0.1, 0.15) is 56.1 Å². The maximum Gasteiger partial charge on any atom is 0.221 e. The molecule has 5 nitrogen and oxygen atoms in total. The second-order valence-corrected chi connectivity index (χ2v) is 11.5. The lowest BCUT2D eigenvalue weighted by molar-refractivity contribution is -0.120. The van der Waals surface area contributed by atoms with Gasteiger partial charge in [0.2, 0.25) is 5.91 Å². The van der Waals surface area contributed by atoms with Crippen molar-refractivity contribution in [1.82, 2.24) is 10.2 Å². The Morgan fingerprint density at radius 1 is 0.938 bits per heavy atom. The number of amides is 1. The monoisotopic (exact) mass is 454 g/mol. The molecule has 2 fully saturated rings. The first-order valence-electron chi connectivity index (χ1n) is 11.9. The van der Waals surface area contributed by atoms with Crippen LogP contribution in [-0.4, -0.2) is 43.3 Å². The molecule has 2 aromatic carbocycles. The predicted octanol–water partition coefficient (Wildman–Crippen LogP) is 4.31. The van der Waals surface area contributed by atoms with Gasteiger partial charge >= 0.3 is 0 Å². The molecule has 0 radical (unpaired) electrons. The molecule has 1 N–H and O–H groups in total. The summed E-state index contributed by atoms with van der Waals surface area (Å²) in [7, 11) is -3.17. The number of carbonyl (C=O) groups excluding carboxylic acids is 1. The lowest BCUT2D eigenvalue weighted by atomic mass is 9.98. The molecule has 0 atom stereocenters. The number of nitrogens with one attached hydrogen (secondary N) is 1. The molecule has 32 heavy (non-hydrogen) atoms. The van der Waals surface area contributed by atoms with Gasteiger partial charge in [-0.1, -0.05) is 61.4 Å². The molecule has 1 aliphatic carbocycles. The zero-order valence-electron chi connectivity index (χ0n) is 18.8. The van der Waals surface area contributed by atoms with E-state index < -0.39 is 9.84 Å². The van der Waals surface area contributed by atoms with Gasteiger partial charge in [-0.25, -0.2) is 8.42 Å². The zero-order valence-corrected chi connectivity index (χ0v) is 19.6. The Labute approximate surface area is 192 Å². The molecule has 4 rings (SSSR count). The van der Waals surface area contributed by atoms with Gasteiger partial charge in [0.1, 0.15) is 0 Å². The lowest BCUT2D eigenvalue weighted by Gasteiger charge is -2.15. The standard InChI is InChI=1S/C26H34N2O3S/c29-26(15-18-32(30,31)24-8-2-3-9-24)27-19-23-7-1-4-10-25(23)22-13-11-21(12-14-22)20-28-16-5-6-17-28/h1,4,7,10-14,24H,2-3,5-6,8-9,15-20H2,(H,27,29). The zero-order chi connectivity index (χ0) is 22.4. The maximum absolute atomic E-state index is 12.4. The molecule has 0 bridgehead atoms. The maximum atomic E-state index is 12.4. The molecule has 1 heterocycles. The summed E-state index contributed by atoms with van der Waals surface area (Å²) in [6.07, 6.45) is 6.07. The Morgan fingerprint density at radius 3 is 2.34 bits per heavy atom. The Hall–Kier alpha value is -2.18. The van der Waals surface area contributed by atoms with Gasteiger partial charge in [-0.2, -0.15) is 0 Å². The fraction of sp³-hybridized carbons (Fsp3) is 0.500. The molecule has 1 saturated carbocycles. The van der Waals surface area contributed by atoms with Crippen molar-refractivity contribution in [3.05, 3.63) is 59.7 Å². The fourth-order valence-electron chi connectivity index (χ4n) is 4.88. The first-order chi connectivity index (χ1) is 15.5. The number of hydrogen-bond acceptors (Lipinski definition) is 4. The molecular weight excluding hydrogens is 420 g/mol. The summed E-state index contributed by atoms with van der Waals surface area (Å²) in [6.45, 7) is 3.77. The highest BCUT2D eigenvalue weighted by molar-refractivity contribution is 7.92. The molecule has 6 heteroatoms. The average Bonchev–Trinajstić information content (AvgIpc) is 3.52. The quantitative estimate of drug-likeness (QED) is 0.613. The van der Waals surface area contributed by atoms with E-state index >= 15 is 0 Å². The summed E-state index contributed by atoms with van der Waals surface area (Å²) in [5.74, 6) is -0.258. The van der Waals surface area contributed by atoms with Crippen LogP contribution in [0.5, 0.6) is 0 Å². The van der Waals surface area contributed by atoms with E-state index in [1.807, 2.05) is 18.2 Å². The van der Waals surface area contributed by atoms with Gasteiger partial charge < -0.3 is 5.32 Å². The number of rotatable bonds is 9. The Kier molecular flexibility index (Phi) is 7.63. The van der Waals surface area contributed by atoms with E-state index in [-0.39, 0.29) is 23.3 Å². The molecular formula is C26H34N2O3S. The number of carbonyl (C=O) groups is 1. The molecule has 1 aliphatic heterocycles. The van der Waals surface area contributed by atoms with E-state index in [1.54, 1.807) is 0 Å². The van der Waals surface area contributed by atoms with E-state index in [0.717, 1.165) is 48.9 Å². The molecule has 1 amide bonds. The molecule has 172 valence electrons. The van der Waals surface area contributed by atoms with Crippen LogP contribution in [0.2, 0.25) is 0 Å². The Balaban J connectivity index is 1.33. The molecule has 1 saturated heterocycles. The SMILES string of the molecule is O=C(CCS(=O)(=O)C1CCCC1)NCc1ccccc1-c1ccc(CN2CCCC2)cc1. The van der Waals surface area contributed by atoms with Gasteiger partial charge in [-0.15, -0.1) is 0 Å². The molecule has 2 aromatic rings. The van der Waals surface area contributed by atoms with Crippen molar-refractivity contribution in [2.45, 2.75) is 63.3 Å². The van der Waals surface area contributed by atoms with Crippen molar-refractivity contribution in [2.24, 2.45) is 0 Å². The second kappa shape index (κ2) is 10.6. The van der Waals surface area contributed by atoms with Crippen molar-refractivity contribution in [2.75, 3.05) is 18.8 Å². The average molecular weight is 455 g/mol. The van der Waals surface area contributed by atoms with Gasteiger partial charge in [0.25, 0.3) is 0 Å². The topological polar surface area (TPSA) is 66.5 Å². The minimum atomic E-state index is -3.17. The van der Waals surface area contributed by atoms with Crippen molar-refractivity contribution >= 4 is 15.7 Å². The Morgan fingerprint density at radius 2 is 1.62 bits per heavy atom. The van der Waals surface area contributed by atoms with E-state index in [2.05, 4.69) is 40.5 Å². The van der Waals surface area contributed by atoms with Gasteiger partial charge in [0.15, 0.2) is 9.84 Å². The third-order valence-corrected chi connectivity index (χ3v) is 9.05. The summed E-state index contributed by atoms with van der Waals surface area (Å²) in [6, 6.07) is 16.8. The van der Waals surface area contributed by atoms with Crippen LogP contribution >= 0.6 is 0 Å². The van der Waals surface area contributed by atoms with Crippen molar-refractivity contribution < 1.29 is 13.2 Å². The second-order valence-electron chi connectivity index (χ2n) is 9.14.